The highest BCUT2D eigenvalue weighted by atomic mass is 35.5. The van der Waals surface area contributed by atoms with Gasteiger partial charge in [-0.3, -0.25) is 9.59 Å². The lowest BCUT2D eigenvalue weighted by atomic mass is 9.95. The van der Waals surface area contributed by atoms with Gasteiger partial charge >= 0.3 is 0 Å². The zero-order valence-electron chi connectivity index (χ0n) is 14.3. The Morgan fingerprint density at radius 1 is 1.46 bits per heavy atom. The number of alkyl halides is 1. The predicted octanol–water partition coefficient (Wildman–Crippen LogP) is 0.411. The summed E-state index contributed by atoms with van der Waals surface area (Å²) in [6.45, 7) is 4.79. The molecule has 1 aromatic rings. The molecule has 0 radical (unpaired) electrons. The van der Waals surface area contributed by atoms with Crippen LogP contribution < -0.4 is 16.2 Å². The van der Waals surface area contributed by atoms with Crippen molar-refractivity contribution in [3.63, 3.8) is 0 Å². The normalized spacial score (nSPS) is 16.9. The molecule has 1 saturated heterocycles. The zero-order chi connectivity index (χ0) is 17.7. The van der Waals surface area contributed by atoms with E-state index >= 15 is 0 Å². The second-order valence-corrected chi connectivity index (χ2v) is 6.62. The first-order valence-electron chi connectivity index (χ1n) is 8.31. The summed E-state index contributed by atoms with van der Waals surface area (Å²) in [4.78, 5) is 27.4. The number of carbonyl (C=O) groups is 1. The Bertz CT molecular complexity index is 613. The Kier molecular flexibility index (Phi) is 6.62. The maximum Gasteiger partial charge on any atom is 0.266 e. The van der Waals surface area contributed by atoms with Crippen LogP contribution in [0.25, 0.3) is 0 Å². The summed E-state index contributed by atoms with van der Waals surface area (Å²) >= 11 is 5.72. The first-order chi connectivity index (χ1) is 11.5. The van der Waals surface area contributed by atoms with Gasteiger partial charge in [-0.1, -0.05) is 0 Å². The molecule has 134 valence electrons. The van der Waals surface area contributed by atoms with Crippen molar-refractivity contribution in [1.29, 1.82) is 0 Å². The molecule has 2 rings (SSSR count). The van der Waals surface area contributed by atoms with E-state index in [4.69, 9.17) is 17.3 Å². The molecule has 1 aromatic heterocycles. The number of carbonyl (C=O) groups excluding carboxylic acids is 1. The fraction of sp³-hybridized carbons (Fsp3) is 0.688. The monoisotopic (exact) mass is 355 g/mol. The van der Waals surface area contributed by atoms with Crippen molar-refractivity contribution >= 4 is 23.3 Å². The SMILES string of the molecule is C[C@@H](CN)N(CC1CCN(c2ccc(=O)n(C)n2)CC1)C(=O)CCl. The van der Waals surface area contributed by atoms with Gasteiger partial charge in [-0.15, -0.1) is 11.6 Å². The number of anilines is 1. The van der Waals surface area contributed by atoms with Crippen LogP contribution in [0.15, 0.2) is 16.9 Å². The van der Waals surface area contributed by atoms with Gasteiger partial charge in [0, 0.05) is 45.3 Å². The molecule has 0 aromatic carbocycles. The standard InChI is InChI=1S/C16H26ClN5O2/c1-12(10-18)22(16(24)9-17)11-13-5-7-21(8-6-13)14-3-4-15(23)20(2)19-14/h3-4,12-13H,5-11,18H2,1-2H3/t12-/m0/s1. The van der Waals surface area contributed by atoms with Gasteiger partial charge in [0.1, 0.15) is 11.7 Å². The van der Waals surface area contributed by atoms with E-state index in [0.717, 1.165) is 31.7 Å². The van der Waals surface area contributed by atoms with Crippen molar-refractivity contribution in [3.8, 4) is 0 Å². The average molecular weight is 356 g/mol. The van der Waals surface area contributed by atoms with E-state index in [9.17, 15) is 9.59 Å². The third-order valence-corrected chi connectivity index (χ3v) is 4.88. The molecule has 24 heavy (non-hydrogen) atoms. The van der Waals surface area contributed by atoms with Crippen molar-refractivity contribution in [1.82, 2.24) is 14.7 Å². The molecule has 2 N–H and O–H groups in total. The number of nitrogens with zero attached hydrogens (tertiary/aromatic N) is 4. The number of halogens is 1. The molecule has 0 spiro atoms. The molecule has 0 saturated carbocycles. The third kappa shape index (κ3) is 4.48. The van der Waals surface area contributed by atoms with Crippen molar-refractivity contribution in [3.05, 3.63) is 22.5 Å². The van der Waals surface area contributed by atoms with E-state index < -0.39 is 0 Å². The van der Waals surface area contributed by atoms with E-state index in [-0.39, 0.29) is 23.4 Å². The van der Waals surface area contributed by atoms with Crippen LogP contribution in [0.4, 0.5) is 5.82 Å². The molecule has 8 heteroatoms. The number of amides is 1. The number of aryl methyl sites for hydroxylation is 1. The molecule has 1 amide bonds. The number of nitrogens with two attached hydrogens (primary N) is 1. The van der Waals surface area contributed by atoms with Gasteiger partial charge in [-0.2, -0.15) is 5.10 Å². The highest BCUT2D eigenvalue weighted by molar-refractivity contribution is 6.27. The number of rotatable bonds is 6. The van der Waals surface area contributed by atoms with Crippen molar-refractivity contribution < 1.29 is 4.79 Å². The summed E-state index contributed by atoms with van der Waals surface area (Å²) < 4.78 is 1.35. The van der Waals surface area contributed by atoms with E-state index in [1.807, 2.05) is 6.92 Å². The van der Waals surface area contributed by atoms with E-state index in [1.54, 1.807) is 18.0 Å². The summed E-state index contributed by atoms with van der Waals surface area (Å²) in [6.07, 6.45) is 1.93. The maximum atomic E-state index is 12.0. The minimum absolute atomic E-state index is 0.000376. The van der Waals surface area contributed by atoms with Crippen molar-refractivity contribution in [2.75, 3.05) is 37.0 Å². The zero-order valence-corrected chi connectivity index (χ0v) is 15.1. The van der Waals surface area contributed by atoms with Gasteiger partial charge in [0.15, 0.2) is 0 Å². The summed E-state index contributed by atoms with van der Waals surface area (Å²) in [7, 11) is 1.66. The van der Waals surface area contributed by atoms with Crippen LogP contribution in [0.5, 0.6) is 0 Å². The highest BCUT2D eigenvalue weighted by Gasteiger charge is 2.26. The fourth-order valence-corrected chi connectivity index (χ4v) is 3.17. The molecular formula is C16H26ClN5O2. The number of hydrogen-bond acceptors (Lipinski definition) is 5. The first-order valence-corrected chi connectivity index (χ1v) is 8.84. The van der Waals surface area contributed by atoms with Gasteiger partial charge in [-0.25, -0.2) is 4.68 Å². The van der Waals surface area contributed by atoms with E-state index in [1.165, 1.54) is 10.7 Å². The van der Waals surface area contributed by atoms with Gasteiger partial charge < -0.3 is 15.5 Å². The Hall–Kier alpha value is -1.60. The Labute approximate surface area is 147 Å². The van der Waals surface area contributed by atoms with Gasteiger partial charge in [-0.05, 0) is 31.7 Å². The summed E-state index contributed by atoms with van der Waals surface area (Å²) in [5.74, 6) is 1.18. The van der Waals surface area contributed by atoms with Crippen molar-refractivity contribution in [2.45, 2.75) is 25.8 Å². The maximum absolute atomic E-state index is 12.0. The molecule has 0 bridgehead atoms. The lowest BCUT2D eigenvalue weighted by Crippen LogP contribution is -2.47. The Balaban J connectivity index is 1.95. The van der Waals surface area contributed by atoms with Crippen LogP contribution in [0.1, 0.15) is 19.8 Å². The lowest BCUT2D eigenvalue weighted by molar-refractivity contribution is -0.131. The minimum atomic E-state index is -0.111. The largest absolute Gasteiger partial charge is 0.355 e. The van der Waals surface area contributed by atoms with Crippen LogP contribution in [-0.4, -0.2) is 58.7 Å². The molecule has 0 aliphatic carbocycles. The quantitative estimate of drug-likeness (QED) is 0.747. The number of piperidine rings is 1. The van der Waals surface area contributed by atoms with Crippen LogP contribution >= 0.6 is 11.6 Å². The van der Waals surface area contributed by atoms with Crippen LogP contribution in [-0.2, 0) is 11.8 Å². The second-order valence-electron chi connectivity index (χ2n) is 6.35. The molecular weight excluding hydrogens is 330 g/mol. The average Bonchev–Trinajstić information content (AvgIpc) is 2.61. The van der Waals surface area contributed by atoms with Crippen molar-refractivity contribution in [2.24, 2.45) is 18.7 Å². The summed E-state index contributed by atoms with van der Waals surface area (Å²) in [6, 6.07) is 3.31. The topological polar surface area (TPSA) is 84.5 Å². The third-order valence-electron chi connectivity index (χ3n) is 4.65. The van der Waals surface area contributed by atoms with Gasteiger partial charge in [0.25, 0.3) is 5.56 Å². The van der Waals surface area contributed by atoms with Crippen LogP contribution in [0.3, 0.4) is 0 Å². The summed E-state index contributed by atoms with van der Waals surface area (Å²) in [5.41, 5.74) is 5.60. The smallest absolute Gasteiger partial charge is 0.266 e. The molecule has 1 aliphatic heterocycles. The highest BCUT2D eigenvalue weighted by Crippen LogP contribution is 2.22. The second kappa shape index (κ2) is 8.48. The molecule has 1 aliphatic rings. The molecule has 7 nitrogen and oxygen atoms in total. The predicted molar refractivity (Wildman–Crippen MR) is 95.4 cm³/mol. The van der Waals surface area contributed by atoms with Crippen LogP contribution in [0, 0.1) is 5.92 Å². The van der Waals surface area contributed by atoms with E-state index in [2.05, 4.69) is 10.00 Å². The summed E-state index contributed by atoms with van der Waals surface area (Å²) in [5, 5.41) is 4.30. The van der Waals surface area contributed by atoms with Crippen LogP contribution in [0.2, 0.25) is 0 Å². The molecule has 1 fully saturated rings. The lowest BCUT2D eigenvalue weighted by Gasteiger charge is -2.37. The number of hydrogen-bond donors (Lipinski definition) is 1. The van der Waals surface area contributed by atoms with Gasteiger partial charge in [0.2, 0.25) is 5.91 Å². The number of aromatic nitrogens is 2. The molecule has 1 atom stereocenters. The van der Waals surface area contributed by atoms with E-state index in [0.29, 0.717) is 19.0 Å². The Morgan fingerprint density at radius 2 is 2.12 bits per heavy atom. The fourth-order valence-electron chi connectivity index (χ4n) is 3.01. The van der Waals surface area contributed by atoms with Gasteiger partial charge in [0.05, 0.1) is 0 Å². The first kappa shape index (κ1) is 18.7. The molecule has 0 unspecified atom stereocenters. The Morgan fingerprint density at radius 3 is 2.67 bits per heavy atom. The molecule has 2 heterocycles. The minimum Gasteiger partial charge on any atom is -0.355 e.